The van der Waals surface area contributed by atoms with Crippen LogP contribution in [0.2, 0.25) is 0 Å². The van der Waals surface area contributed by atoms with Crippen LogP contribution in [0.15, 0.2) is 24.3 Å². The second-order valence-electron chi connectivity index (χ2n) is 4.26. The van der Waals surface area contributed by atoms with Gasteiger partial charge in [0.2, 0.25) is 0 Å². The Morgan fingerprint density at radius 1 is 0.625 bits per heavy atom. The van der Waals surface area contributed by atoms with E-state index in [2.05, 4.69) is 0 Å². The smallest absolute Gasteiger partial charge is 0.545 e. The predicted molar refractivity (Wildman–Crippen MR) is 66.5 cm³/mol. The van der Waals surface area contributed by atoms with E-state index in [1.54, 1.807) is 0 Å². The zero-order valence-corrected chi connectivity index (χ0v) is 16.7. The Labute approximate surface area is 178 Å². The molecule has 24 heavy (non-hydrogen) atoms. The molecule has 2 aromatic carbocycles. The first-order valence-electron chi connectivity index (χ1n) is 5.74. The summed E-state index contributed by atoms with van der Waals surface area (Å²) >= 11 is 0. The van der Waals surface area contributed by atoms with Crippen molar-refractivity contribution >= 4 is 34.6 Å². The second-order valence-corrected chi connectivity index (χ2v) is 4.26. The molecule has 0 saturated heterocycles. The van der Waals surface area contributed by atoms with E-state index in [0.717, 1.165) is 24.3 Å². The summed E-state index contributed by atoms with van der Waals surface area (Å²) in [5.74, 6) is -6.61. The Balaban J connectivity index is 0.00000264. The minimum Gasteiger partial charge on any atom is -0.545 e. The minimum atomic E-state index is -1.77. The van der Waals surface area contributed by atoms with E-state index < -0.39 is 56.9 Å². The van der Waals surface area contributed by atoms with Gasteiger partial charge in [-0.3, -0.25) is 0 Å². The number of carboxylic acids is 4. The number of carboxylic acid groups (broad SMARTS) is 4. The summed E-state index contributed by atoms with van der Waals surface area (Å²) < 4.78 is 0. The van der Waals surface area contributed by atoms with Crippen LogP contribution in [0.4, 0.5) is 0 Å². The van der Waals surface area contributed by atoms with Crippen molar-refractivity contribution < 1.29 is 98.7 Å². The normalized spacial score (nSPS) is 9.50. The summed E-state index contributed by atoms with van der Waals surface area (Å²) in [4.78, 5) is 44.7. The fraction of sp³-hybridized carbons (Fsp3) is 0. The quantitative estimate of drug-likeness (QED) is 0.517. The van der Waals surface area contributed by atoms with E-state index in [1.165, 1.54) is 0 Å². The first-order chi connectivity index (χ1) is 10.3. The molecule has 0 aliphatic rings. The number of benzene rings is 2. The molecule has 10 heteroatoms. The van der Waals surface area contributed by atoms with E-state index in [1.807, 2.05) is 0 Å². The number of aromatic carboxylic acids is 4. The maximum absolute atomic E-state index is 11.2. The molecule has 0 aliphatic heterocycles. The maximum atomic E-state index is 11.2. The molecule has 2 rings (SSSR count). The fourth-order valence-electron chi connectivity index (χ4n) is 2.19. The van der Waals surface area contributed by atoms with Crippen LogP contribution in [0.25, 0.3) is 10.8 Å². The Kier molecular flexibility index (Phi) is 8.10. The standard InChI is InChI=1S/C14H8O8.2Na/c15-11(16)5-1-2-6(12(17)18)10-8(14(21)22)4-3-7(9(5)10)13(19)20;;/h1-4H,(H,15,16)(H,17,18)(H,19,20)(H,21,22);;/q;2*+1/p-2. The number of fused-ring (bicyclic) bond motifs is 1. The SMILES string of the molecule is O=C([O-])c1ccc(C(=O)O)c2c(C(=O)O)ccc(C(=O)[O-])c12.[Na+].[Na+]. The van der Waals surface area contributed by atoms with Crippen LogP contribution in [0, 0.1) is 0 Å². The van der Waals surface area contributed by atoms with Crippen LogP contribution in [0.1, 0.15) is 41.4 Å². The van der Waals surface area contributed by atoms with Crippen LogP contribution < -0.4 is 69.3 Å². The van der Waals surface area contributed by atoms with Gasteiger partial charge >= 0.3 is 71.1 Å². The van der Waals surface area contributed by atoms with Crippen LogP contribution in [-0.2, 0) is 0 Å². The molecule has 0 bridgehead atoms. The van der Waals surface area contributed by atoms with Crippen molar-refractivity contribution in [3.8, 4) is 0 Å². The van der Waals surface area contributed by atoms with Crippen molar-refractivity contribution in [1.82, 2.24) is 0 Å². The van der Waals surface area contributed by atoms with Gasteiger partial charge < -0.3 is 30.0 Å². The summed E-state index contributed by atoms with van der Waals surface area (Å²) in [7, 11) is 0. The van der Waals surface area contributed by atoms with E-state index in [-0.39, 0.29) is 59.1 Å². The molecule has 0 aliphatic carbocycles. The molecular weight excluding hydrogens is 342 g/mol. The van der Waals surface area contributed by atoms with E-state index in [0.29, 0.717) is 0 Å². The van der Waals surface area contributed by atoms with Gasteiger partial charge in [-0.1, -0.05) is 12.1 Å². The van der Waals surface area contributed by atoms with Crippen molar-refractivity contribution in [2.24, 2.45) is 0 Å². The first-order valence-corrected chi connectivity index (χ1v) is 5.74. The topological polar surface area (TPSA) is 155 Å². The molecule has 0 radical (unpaired) electrons. The summed E-state index contributed by atoms with van der Waals surface area (Å²) in [6.07, 6.45) is 0. The summed E-state index contributed by atoms with van der Waals surface area (Å²) in [5.41, 5.74) is -2.36. The Bertz CT molecular complexity index is 722. The zero-order chi connectivity index (χ0) is 16.6. The zero-order valence-electron chi connectivity index (χ0n) is 12.7. The molecular formula is C14H6Na2O8. The average Bonchev–Trinajstić information content (AvgIpc) is 2.43. The Morgan fingerprint density at radius 2 is 0.875 bits per heavy atom. The molecule has 0 saturated carbocycles. The molecule has 0 unspecified atom stereocenters. The average molecular weight is 348 g/mol. The van der Waals surface area contributed by atoms with Crippen LogP contribution >= 0.6 is 0 Å². The Morgan fingerprint density at radius 3 is 1.12 bits per heavy atom. The summed E-state index contributed by atoms with van der Waals surface area (Å²) in [6, 6.07) is 3.45. The van der Waals surface area contributed by atoms with Gasteiger partial charge in [-0.15, -0.1) is 0 Å². The van der Waals surface area contributed by atoms with Crippen LogP contribution in [0.5, 0.6) is 0 Å². The summed E-state index contributed by atoms with van der Waals surface area (Å²) in [5, 5.41) is 39.5. The van der Waals surface area contributed by atoms with Crippen molar-refractivity contribution in [3.63, 3.8) is 0 Å². The summed E-state index contributed by atoms with van der Waals surface area (Å²) in [6.45, 7) is 0. The van der Waals surface area contributed by atoms with Gasteiger partial charge in [0.15, 0.2) is 0 Å². The molecule has 112 valence electrons. The van der Waals surface area contributed by atoms with Gasteiger partial charge in [0.25, 0.3) is 0 Å². The van der Waals surface area contributed by atoms with Crippen LogP contribution in [0.3, 0.4) is 0 Å². The second kappa shape index (κ2) is 8.61. The third kappa shape index (κ3) is 3.97. The van der Waals surface area contributed by atoms with Gasteiger partial charge in [0.1, 0.15) is 0 Å². The molecule has 0 amide bonds. The molecule has 2 N–H and O–H groups in total. The fourth-order valence-corrected chi connectivity index (χ4v) is 2.19. The van der Waals surface area contributed by atoms with Crippen molar-refractivity contribution in [3.05, 3.63) is 46.5 Å². The number of carbonyl (C=O) groups is 4. The number of hydrogen-bond acceptors (Lipinski definition) is 6. The molecule has 0 aromatic heterocycles. The minimum absolute atomic E-state index is 0. The van der Waals surface area contributed by atoms with Gasteiger partial charge in [-0.25, -0.2) is 9.59 Å². The molecule has 2 aromatic rings. The number of hydrogen-bond donors (Lipinski definition) is 2. The molecule has 0 atom stereocenters. The monoisotopic (exact) mass is 348 g/mol. The predicted octanol–water partition coefficient (Wildman–Crippen LogP) is -7.03. The van der Waals surface area contributed by atoms with E-state index >= 15 is 0 Å². The van der Waals surface area contributed by atoms with Gasteiger partial charge in [0, 0.05) is 21.9 Å². The van der Waals surface area contributed by atoms with Gasteiger partial charge in [-0.05, 0) is 12.1 Å². The largest absolute Gasteiger partial charge is 1.00 e. The number of rotatable bonds is 4. The van der Waals surface area contributed by atoms with Gasteiger partial charge in [0.05, 0.1) is 23.1 Å². The molecule has 0 heterocycles. The first kappa shape index (κ1) is 22.6. The van der Waals surface area contributed by atoms with Crippen molar-refractivity contribution in [2.75, 3.05) is 0 Å². The van der Waals surface area contributed by atoms with Crippen LogP contribution in [-0.4, -0.2) is 34.1 Å². The van der Waals surface area contributed by atoms with Gasteiger partial charge in [-0.2, -0.15) is 0 Å². The Hall–Kier alpha value is -1.42. The molecule has 0 spiro atoms. The van der Waals surface area contributed by atoms with E-state index in [4.69, 9.17) is 10.2 Å². The van der Waals surface area contributed by atoms with Crippen molar-refractivity contribution in [1.29, 1.82) is 0 Å². The molecule has 8 nitrogen and oxygen atoms in total. The van der Waals surface area contributed by atoms with E-state index in [9.17, 15) is 29.4 Å². The molecule has 0 fully saturated rings. The van der Waals surface area contributed by atoms with Crippen molar-refractivity contribution in [2.45, 2.75) is 0 Å². The number of carbonyl (C=O) groups excluding carboxylic acids is 2. The third-order valence-corrected chi connectivity index (χ3v) is 3.06. The third-order valence-electron chi connectivity index (χ3n) is 3.06. The maximum Gasteiger partial charge on any atom is 1.00 e.